The number of hydrogen-bond donors (Lipinski definition) is 1. The lowest BCUT2D eigenvalue weighted by molar-refractivity contribution is -0.188. The number of hydrogen-bond acceptors (Lipinski definition) is 5. The maximum absolute atomic E-state index is 14.0. The third kappa shape index (κ3) is 6.43. The molecule has 1 aliphatic heterocycles. The third-order valence-electron chi connectivity index (χ3n) is 13.1. The molecule has 4 fully saturated rings. The smallest absolute Gasteiger partial charge is 0.257 e. The maximum atomic E-state index is 14.0. The summed E-state index contributed by atoms with van der Waals surface area (Å²) in [5, 5.41) is 2.40. The van der Waals surface area contributed by atoms with Gasteiger partial charge in [-0.15, -0.1) is 0 Å². The van der Waals surface area contributed by atoms with Gasteiger partial charge >= 0.3 is 0 Å². The summed E-state index contributed by atoms with van der Waals surface area (Å²) >= 11 is 0. The molecule has 8 atom stereocenters. The first-order valence-electron chi connectivity index (χ1n) is 18.1. The minimum absolute atomic E-state index is 0.106. The standard InChI is InChI=1S/C37H62N4O3/c1-25(2)10-8-11-26(3)30-14-15-31-29-13-12-28-24-27(18-20-36(28,4)32(29)19-21-37(30,31)5)35(44)40-33(42)16-17-34(43)41(40)38-22-9-23-39(6)7/h12,25-27,29-32,38H,8-11,13-24H2,1-7H3/t26-,27?,29?,30-,31?,32?,36+,37-/m1/s1. The predicted molar refractivity (Wildman–Crippen MR) is 176 cm³/mol. The number of amides is 3. The predicted octanol–water partition coefficient (Wildman–Crippen LogP) is 6.99. The number of fused-ring (bicyclic) bond motifs is 5. The molecule has 7 heteroatoms. The molecule has 3 saturated carbocycles. The first-order valence-corrected chi connectivity index (χ1v) is 18.1. The van der Waals surface area contributed by atoms with Crippen molar-refractivity contribution in [3.8, 4) is 0 Å². The fourth-order valence-electron chi connectivity index (χ4n) is 10.7. The number of hydrazine groups is 2. The van der Waals surface area contributed by atoms with E-state index in [4.69, 9.17) is 0 Å². The van der Waals surface area contributed by atoms with Gasteiger partial charge < -0.3 is 4.90 Å². The van der Waals surface area contributed by atoms with Crippen LogP contribution in [0.3, 0.4) is 0 Å². The van der Waals surface area contributed by atoms with Gasteiger partial charge in [0.2, 0.25) is 5.91 Å². The lowest BCUT2D eigenvalue weighted by Gasteiger charge is -2.58. The molecule has 1 saturated heterocycles. The Hall–Kier alpha value is -1.73. The third-order valence-corrected chi connectivity index (χ3v) is 13.1. The number of carbonyl (C=O) groups is 3. The highest BCUT2D eigenvalue weighted by Crippen LogP contribution is 2.67. The molecule has 0 bridgehead atoms. The monoisotopic (exact) mass is 610 g/mol. The van der Waals surface area contributed by atoms with E-state index in [1.54, 1.807) is 0 Å². The van der Waals surface area contributed by atoms with Crippen LogP contribution < -0.4 is 5.43 Å². The summed E-state index contributed by atoms with van der Waals surface area (Å²) in [7, 11) is 4.02. The molecule has 5 rings (SSSR count). The Morgan fingerprint density at radius 3 is 2.45 bits per heavy atom. The molecule has 4 aliphatic carbocycles. The Labute approximate surface area is 267 Å². The van der Waals surface area contributed by atoms with Gasteiger partial charge in [0.15, 0.2) is 0 Å². The molecule has 0 spiro atoms. The highest BCUT2D eigenvalue weighted by molar-refractivity contribution is 6.01. The highest BCUT2D eigenvalue weighted by Gasteiger charge is 2.59. The summed E-state index contributed by atoms with van der Waals surface area (Å²) < 4.78 is 0. The van der Waals surface area contributed by atoms with E-state index in [-0.39, 0.29) is 41.9 Å². The average molecular weight is 611 g/mol. The zero-order valence-corrected chi connectivity index (χ0v) is 29.0. The summed E-state index contributed by atoms with van der Waals surface area (Å²) in [6.07, 6.45) is 16.8. The minimum Gasteiger partial charge on any atom is -0.309 e. The fourth-order valence-corrected chi connectivity index (χ4v) is 10.7. The van der Waals surface area contributed by atoms with Gasteiger partial charge in [-0.3, -0.25) is 14.4 Å². The second-order valence-electron chi connectivity index (χ2n) is 16.5. The van der Waals surface area contributed by atoms with Crippen LogP contribution in [-0.4, -0.2) is 59.9 Å². The molecular formula is C37H62N4O3. The Morgan fingerprint density at radius 2 is 1.73 bits per heavy atom. The number of allylic oxidation sites excluding steroid dienone is 2. The first kappa shape index (κ1) is 33.6. The van der Waals surface area contributed by atoms with Crippen molar-refractivity contribution in [2.45, 2.75) is 125 Å². The molecular weight excluding hydrogens is 548 g/mol. The van der Waals surface area contributed by atoms with Crippen molar-refractivity contribution >= 4 is 17.7 Å². The van der Waals surface area contributed by atoms with E-state index in [9.17, 15) is 14.4 Å². The maximum Gasteiger partial charge on any atom is 0.257 e. The molecule has 248 valence electrons. The quantitative estimate of drug-likeness (QED) is 0.155. The van der Waals surface area contributed by atoms with E-state index in [0.717, 1.165) is 73.2 Å². The molecule has 3 amide bonds. The van der Waals surface area contributed by atoms with Crippen LogP contribution in [0.4, 0.5) is 0 Å². The molecule has 7 nitrogen and oxygen atoms in total. The van der Waals surface area contributed by atoms with Crippen LogP contribution in [0.1, 0.15) is 125 Å². The molecule has 0 aromatic carbocycles. The molecule has 0 aromatic heterocycles. The first-order chi connectivity index (χ1) is 20.9. The second kappa shape index (κ2) is 13.6. The van der Waals surface area contributed by atoms with Crippen LogP contribution >= 0.6 is 0 Å². The molecule has 0 aromatic rings. The summed E-state index contributed by atoms with van der Waals surface area (Å²) in [5.74, 6) is 3.84. The van der Waals surface area contributed by atoms with Crippen LogP contribution in [0.5, 0.6) is 0 Å². The normalized spacial score (nSPS) is 36.3. The van der Waals surface area contributed by atoms with Crippen molar-refractivity contribution in [1.29, 1.82) is 0 Å². The highest BCUT2D eigenvalue weighted by atomic mass is 16.2. The Kier molecular flexibility index (Phi) is 10.4. The lowest BCUT2D eigenvalue weighted by atomic mass is 9.46. The van der Waals surface area contributed by atoms with Crippen LogP contribution in [0, 0.1) is 52.3 Å². The van der Waals surface area contributed by atoms with Gasteiger partial charge in [0.05, 0.1) is 0 Å². The fraction of sp³-hybridized carbons (Fsp3) is 0.865. The van der Waals surface area contributed by atoms with E-state index >= 15 is 0 Å². The van der Waals surface area contributed by atoms with E-state index in [2.05, 4.69) is 51.0 Å². The van der Waals surface area contributed by atoms with E-state index in [1.807, 2.05) is 14.1 Å². The van der Waals surface area contributed by atoms with Crippen molar-refractivity contribution in [2.24, 2.45) is 52.3 Å². The SMILES string of the molecule is CC(C)CCC[C@@H](C)[C@H]1CCC2C3CC=C4CC(C(=O)N5C(=O)CCC(=O)N5NCCCN(C)C)CC[C@]4(C)C3CC[C@@]21C. The second-order valence-corrected chi connectivity index (χ2v) is 16.5. The van der Waals surface area contributed by atoms with Crippen molar-refractivity contribution in [3.05, 3.63) is 11.6 Å². The Bertz CT molecular complexity index is 1100. The van der Waals surface area contributed by atoms with Gasteiger partial charge in [0, 0.05) is 25.3 Å². The summed E-state index contributed by atoms with van der Waals surface area (Å²) in [5.41, 5.74) is 5.17. The summed E-state index contributed by atoms with van der Waals surface area (Å²) in [6.45, 7) is 13.8. The van der Waals surface area contributed by atoms with Crippen molar-refractivity contribution < 1.29 is 14.4 Å². The molecule has 5 aliphatic rings. The molecule has 44 heavy (non-hydrogen) atoms. The van der Waals surface area contributed by atoms with Gasteiger partial charge in [-0.05, 0) is 125 Å². The van der Waals surface area contributed by atoms with Crippen molar-refractivity contribution in [1.82, 2.24) is 20.5 Å². The molecule has 1 N–H and O–H groups in total. The number of carbonyl (C=O) groups excluding carboxylic acids is 3. The minimum atomic E-state index is -0.262. The molecule has 4 unspecified atom stereocenters. The van der Waals surface area contributed by atoms with Gasteiger partial charge in [0.25, 0.3) is 11.8 Å². The van der Waals surface area contributed by atoms with Gasteiger partial charge in [-0.1, -0.05) is 65.5 Å². The lowest BCUT2D eigenvalue weighted by Crippen LogP contribution is -2.63. The van der Waals surface area contributed by atoms with Gasteiger partial charge in [-0.2, -0.15) is 10.1 Å². The van der Waals surface area contributed by atoms with Crippen molar-refractivity contribution in [2.75, 3.05) is 27.2 Å². The summed E-state index contributed by atoms with van der Waals surface area (Å²) in [4.78, 5) is 42.0. The zero-order valence-electron chi connectivity index (χ0n) is 29.0. The molecule has 1 heterocycles. The number of imide groups is 1. The van der Waals surface area contributed by atoms with Crippen LogP contribution in [0.25, 0.3) is 0 Å². The number of nitrogens with one attached hydrogen (secondary N) is 1. The van der Waals surface area contributed by atoms with E-state index < -0.39 is 0 Å². The van der Waals surface area contributed by atoms with E-state index in [0.29, 0.717) is 17.9 Å². The molecule has 0 radical (unpaired) electrons. The topological polar surface area (TPSA) is 73.0 Å². The largest absolute Gasteiger partial charge is 0.309 e. The number of rotatable bonds is 11. The van der Waals surface area contributed by atoms with Crippen LogP contribution in [-0.2, 0) is 14.4 Å². The Morgan fingerprint density at radius 1 is 0.977 bits per heavy atom. The van der Waals surface area contributed by atoms with Gasteiger partial charge in [0.1, 0.15) is 0 Å². The van der Waals surface area contributed by atoms with Crippen molar-refractivity contribution in [3.63, 3.8) is 0 Å². The number of nitrogens with zero attached hydrogens (tertiary/aromatic N) is 3. The van der Waals surface area contributed by atoms with Crippen LogP contribution in [0.15, 0.2) is 11.6 Å². The van der Waals surface area contributed by atoms with Crippen LogP contribution in [0.2, 0.25) is 0 Å². The van der Waals surface area contributed by atoms with E-state index in [1.165, 1.54) is 55.6 Å². The Balaban J connectivity index is 1.26. The average Bonchev–Trinajstić information content (AvgIpc) is 3.33. The zero-order chi connectivity index (χ0) is 31.8. The summed E-state index contributed by atoms with van der Waals surface area (Å²) in [6, 6.07) is 0. The van der Waals surface area contributed by atoms with Gasteiger partial charge in [-0.25, -0.2) is 5.43 Å².